The zero-order valence-electron chi connectivity index (χ0n) is 7.01. The van der Waals surface area contributed by atoms with Gasteiger partial charge in [-0.1, -0.05) is 23.7 Å². The average Bonchev–Trinajstić information content (AvgIpc) is 2.12. The summed E-state index contributed by atoms with van der Waals surface area (Å²) in [5.41, 5.74) is 1.97. The Morgan fingerprint density at radius 1 is 1.38 bits per heavy atom. The Morgan fingerprint density at radius 2 is 2.15 bits per heavy atom. The van der Waals surface area contributed by atoms with Gasteiger partial charge in [-0.05, 0) is 34.5 Å². The molecule has 1 aromatic carbocycles. The fourth-order valence-corrected chi connectivity index (χ4v) is 1.90. The van der Waals surface area contributed by atoms with Crippen molar-refractivity contribution in [3.8, 4) is 0 Å². The van der Waals surface area contributed by atoms with Gasteiger partial charge < -0.3 is 0 Å². The number of hydrogen-bond donors (Lipinski definition) is 0. The number of nitrogens with zero attached hydrogens (tertiary/aromatic N) is 1. The van der Waals surface area contributed by atoms with Gasteiger partial charge in [-0.3, -0.25) is 4.98 Å². The van der Waals surface area contributed by atoms with Crippen molar-refractivity contribution in [2.45, 2.75) is 6.92 Å². The molecule has 13 heavy (non-hydrogen) atoms. The number of pyridine rings is 1. The molecule has 2 aromatic rings. The van der Waals surface area contributed by atoms with Crippen LogP contribution in [0.1, 0.15) is 5.56 Å². The van der Waals surface area contributed by atoms with Crippen LogP contribution in [0.3, 0.4) is 0 Å². The largest absolute Gasteiger partial charge is 0.254 e. The van der Waals surface area contributed by atoms with E-state index in [0.29, 0.717) is 5.02 Å². The van der Waals surface area contributed by atoms with Crippen LogP contribution in [-0.4, -0.2) is 4.98 Å². The predicted molar refractivity (Wildman–Crippen MR) is 59.2 cm³/mol. The fourth-order valence-electron chi connectivity index (χ4n) is 1.25. The Hall–Kier alpha value is -0.600. The van der Waals surface area contributed by atoms with Crippen LogP contribution in [0.5, 0.6) is 0 Å². The highest BCUT2D eigenvalue weighted by Crippen LogP contribution is 2.29. The van der Waals surface area contributed by atoms with E-state index in [9.17, 15) is 0 Å². The summed E-state index contributed by atoms with van der Waals surface area (Å²) in [6.45, 7) is 2.01. The lowest BCUT2D eigenvalue weighted by atomic mass is 10.2. The summed E-state index contributed by atoms with van der Waals surface area (Å²) in [6, 6.07) is 5.78. The molecule has 2 rings (SSSR count). The second-order valence-electron chi connectivity index (χ2n) is 2.89. The second kappa shape index (κ2) is 3.28. The molecule has 0 N–H and O–H groups in total. The maximum absolute atomic E-state index is 6.00. The smallest absolute Gasteiger partial charge is 0.0899 e. The van der Waals surface area contributed by atoms with Gasteiger partial charge in [0.2, 0.25) is 0 Å². The zero-order chi connectivity index (χ0) is 9.42. The molecule has 3 heteroatoms. The highest BCUT2D eigenvalue weighted by atomic mass is 79.9. The molecule has 0 unspecified atom stereocenters. The topological polar surface area (TPSA) is 12.9 Å². The summed E-state index contributed by atoms with van der Waals surface area (Å²) in [5.74, 6) is 0. The monoisotopic (exact) mass is 255 g/mol. The van der Waals surface area contributed by atoms with Gasteiger partial charge in [-0.2, -0.15) is 0 Å². The minimum atomic E-state index is 0.693. The summed E-state index contributed by atoms with van der Waals surface area (Å²) in [6.07, 6.45) is 1.82. The summed E-state index contributed by atoms with van der Waals surface area (Å²) in [5, 5.41) is 1.76. The van der Waals surface area contributed by atoms with E-state index < -0.39 is 0 Å². The van der Waals surface area contributed by atoms with Crippen molar-refractivity contribution in [3.05, 3.63) is 39.5 Å². The van der Waals surface area contributed by atoms with E-state index >= 15 is 0 Å². The molecule has 0 aliphatic rings. The van der Waals surface area contributed by atoms with Crippen LogP contribution in [0.4, 0.5) is 0 Å². The van der Waals surface area contributed by atoms with Gasteiger partial charge in [0.15, 0.2) is 0 Å². The van der Waals surface area contributed by atoms with Crippen LogP contribution in [0.2, 0.25) is 5.02 Å². The number of aromatic nitrogens is 1. The van der Waals surface area contributed by atoms with E-state index in [1.165, 1.54) is 0 Å². The quantitative estimate of drug-likeness (QED) is 0.695. The molecule has 0 fully saturated rings. The maximum atomic E-state index is 6.00. The SMILES string of the molecule is Cc1cnc2c(Cl)cccc2c1Br. The van der Waals surface area contributed by atoms with Crippen LogP contribution < -0.4 is 0 Å². The number of para-hydroxylation sites is 1. The van der Waals surface area contributed by atoms with Crippen LogP contribution in [0, 0.1) is 6.92 Å². The van der Waals surface area contributed by atoms with Crippen molar-refractivity contribution in [3.63, 3.8) is 0 Å². The fraction of sp³-hybridized carbons (Fsp3) is 0.100. The first-order chi connectivity index (χ1) is 6.20. The first-order valence-electron chi connectivity index (χ1n) is 3.89. The Labute approximate surface area is 89.9 Å². The predicted octanol–water partition coefficient (Wildman–Crippen LogP) is 3.96. The normalized spacial score (nSPS) is 10.7. The summed E-state index contributed by atoms with van der Waals surface area (Å²) in [7, 11) is 0. The Balaban J connectivity index is 2.94. The van der Waals surface area contributed by atoms with E-state index in [0.717, 1.165) is 20.9 Å². The number of benzene rings is 1. The molecule has 0 saturated carbocycles. The lowest BCUT2D eigenvalue weighted by Crippen LogP contribution is -1.84. The molecule has 0 aliphatic carbocycles. The van der Waals surface area contributed by atoms with Gasteiger partial charge in [0, 0.05) is 16.1 Å². The number of fused-ring (bicyclic) bond motifs is 1. The van der Waals surface area contributed by atoms with Crippen molar-refractivity contribution < 1.29 is 0 Å². The minimum Gasteiger partial charge on any atom is -0.254 e. The van der Waals surface area contributed by atoms with E-state index in [2.05, 4.69) is 20.9 Å². The first-order valence-corrected chi connectivity index (χ1v) is 5.06. The third-order valence-electron chi connectivity index (χ3n) is 1.96. The molecule has 1 heterocycles. The van der Waals surface area contributed by atoms with Gasteiger partial charge >= 0.3 is 0 Å². The third kappa shape index (κ3) is 1.45. The van der Waals surface area contributed by atoms with E-state index in [-0.39, 0.29) is 0 Å². The second-order valence-corrected chi connectivity index (χ2v) is 4.09. The van der Waals surface area contributed by atoms with E-state index in [1.807, 2.05) is 31.3 Å². The van der Waals surface area contributed by atoms with Crippen molar-refractivity contribution in [1.29, 1.82) is 0 Å². The molecule has 0 amide bonds. The van der Waals surface area contributed by atoms with Crippen LogP contribution in [0.15, 0.2) is 28.9 Å². The number of rotatable bonds is 0. The Bertz CT molecular complexity index is 468. The molecule has 66 valence electrons. The molecule has 0 bridgehead atoms. The van der Waals surface area contributed by atoms with Crippen molar-refractivity contribution >= 4 is 38.4 Å². The van der Waals surface area contributed by atoms with Gasteiger partial charge in [0.25, 0.3) is 0 Å². The standard InChI is InChI=1S/C10H7BrClN/c1-6-5-13-10-7(9(6)11)3-2-4-8(10)12/h2-5H,1H3. The maximum Gasteiger partial charge on any atom is 0.0899 e. The van der Waals surface area contributed by atoms with Crippen LogP contribution in [0.25, 0.3) is 10.9 Å². The van der Waals surface area contributed by atoms with Gasteiger partial charge in [-0.15, -0.1) is 0 Å². The van der Waals surface area contributed by atoms with Gasteiger partial charge in [0.1, 0.15) is 0 Å². The molecule has 0 radical (unpaired) electrons. The molecule has 1 aromatic heterocycles. The molecule has 1 nitrogen and oxygen atoms in total. The summed E-state index contributed by atoms with van der Waals surface area (Å²) in [4.78, 5) is 4.28. The lowest BCUT2D eigenvalue weighted by Gasteiger charge is -2.03. The highest BCUT2D eigenvalue weighted by molar-refractivity contribution is 9.10. The molecule has 0 spiro atoms. The van der Waals surface area contributed by atoms with E-state index in [4.69, 9.17) is 11.6 Å². The highest BCUT2D eigenvalue weighted by Gasteiger charge is 2.04. The lowest BCUT2D eigenvalue weighted by molar-refractivity contribution is 1.32. The molecule has 0 atom stereocenters. The van der Waals surface area contributed by atoms with Crippen LogP contribution in [-0.2, 0) is 0 Å². The number of hydrogen-bond acceptors (Lipinski definition) is 1. The molecule has 0 aliphatic heterocycles. The van der Waals surface area contributed by atoms with Gasteiger partial charge in [0.05, 0.1) is 10.5 Å². The van der Waals surface area contributed by atoms with Crippen molar-refractivity contribution in [2.75, 3.05) is 0 Å². The first kappa shape index (κ1) is 8.97. The minimum absolute atomic E-state index is 0.693. The molecule has 0 saturated heterocycles. The third-order valence-corrected chi connectivity index (χ3v) is 3.31. The zero-order valence-corrected chi connectivity index (χ0v) is 9.35. The van der Waals surface area contributed by atoms with Gasteiger partial charge in [-0.25, -0.2) is 0 Å². The molecular weight excluding hydrogens is 249 g/mol. The average molecular weight is 257 g/mol. The molecular formula is C10H7BrClN. The summed E-state index contributed by atoms with van der Waals surface area (Å²) >= 11 is 9.51. The van der Waals surface area contributed by atoms with Crippen molar-refractivity contribution in [1.82, 2.24) is 4.98 Å². The van der Waals surface area contributed by atoms with Crippen molar-refractivity contribution in [2.24, 2.45) is 0 Å². The number of aryl methyl sites for hydroxylation is 1. The Kier molecular flexibility index (Phi) is 2.26. The number of halogens is 2. The summed E-state index contributed by atoms with van der Waals surface area (Å²) < 4.78 is 1.07. The van der Waals surface area contributed by atoms with E-state index in [1.54, 1.807) is 0 Å². The van der Waals surface area contributed by atoms with Crippen LogP contribution >= 0.6 is 27.5 Å². The Morgan fingerprint density at radius 3 is 2.92 bits per heavy atom.